The number of alkyl carbamates (subject to hydrolysis) is 1. The summed E-state index contributed by atoms with van der Waals surface area (Å²) in [6, 6.07) is -0.310. The molecule has 1 heterocycles. The highest BCUT2D eigenvalue weighted by molar-refractivity contribution is 8.00. The number of carbonyl (C=O) groups excluding carboxylic acids is 2. The third-order valence-corrected chi connectivity index (χ3v) is 4.84. The van der Waals surface area contributed by atoms with E-state index in [2.05, 4.69) is 5.32 Å². The van der Waals surface area contributed by atoms with E-state index in [1.807, 2.05) is 25.7 Å². The molecule has 2 N–H and O–H groups in total. The van der Waals surface area contributed by atoms with Gasteiger partial charge in [-0.05, 0) is 40.0 Å². The average molecular weight is 330 g/mol. The van der Waals surface area contributed by atoms with Crippen LogP contribution in [0.3, 0.4) is 0 Å². The van der Waals surface area contributed by atoms with Crippen molar-refractivity contribution in [3.05, 3.63) is 0 Å². The Morgan fingerprint density at radius 1 is 1.41 bits per heavy atom. The molecule has 0 bridgehead atoms. The first-order chi connectivity index (χ1) is 10.3. The van der Waals surface area contributed by atoms with Crippen molar-refractivity contribution in [3.8, 4) is 0 Å². The SMILES string of the molecule is CC(C)(C)OC(=O)NC1CCC(O)CC1N1CCSCC1=O. The normalized spacial score (nSPS) is 30.1. The van der Waals surface area contributed by atoms with Gasteiger partial charge in [0, 0.05) is 12.3 Å². The minimum atomic E-state index is -0.550. The number of nitrogens with one attached hydrogen (secondary N) is 1. The molecule has 3 unspecified atom stereocenters. The number of rotatable bonds is 2. The van der Waals surface area contributed by atoms with E-state index < -0.39 is 17.8 Å². The Balaban J connectivity index is 2.03. The van der Waals surface area contributed by atoms with Gasteiger partial charge in [-0.1, -0.05) is 0 Å². The van der Waals surface area contributed by atoms with Gasteiger partial charge >= 0.3 is 6.09 Å². The van der Waals surface area contributed by atoms with Gasteiger partial charge in [-0.2, -0.15) is 11.8 Å². The van der Waals surface area contributed by atoms with Crippen LogP contribution in [0.5, 0.6) is 0 Å². The van der Waals surface area contributed by atoms with Crippen LogP contribution in [-0.2, 0) is 9.53 Å². The second-order valence-corrected chi connectivity index (χ2v) is 8.03. The van der Waals surface area contributed by atoms with Crippen LogP contribution in [0.2, 0.25) is 0 Å². The third kappa shape index (κ3) is 4.78. The Morgan fingerprint density at radius 3 is 2.77 bits per heavy atom. The fraction of sp³-hybridized carbons (Fsp3) is 0.867. The van der Waals surface area contributed by atoms with Crippen molar-refractivity contribution in [3.63, 3.8) is 0 Å². The first-order valence-corrected chi connectivity index (χ1v) is 8.96. The topological polar surface area (TPSA) is 78.9 Å². The summed E-state index contributed by atoms with van der Waals surface area (Å²) >= 11 is 1.63. The Kier molecular flexibility index (Phi) is 5.60. The van der Waals surface area contributed by atoms with Gasteiger partial charge in [-0.25, -0.2) is 4.79 Å². The summed E-state index contributed by atoms with van der Waals surface area (Å²) in [4.78, 5) is 26.0. The first kappa shape index (κ1) is 17.4. The molecule has 0 aromatic carbocycles. The van der Waals surface area contributed by atoms with Crippen molar-refractivity contribution >= 4 is 23.8 Å². The average Bonchev–Trinajstić information content (AvgIpc) is 2.39. The molecule has 1 aliphatic heterocycles. The predicted octanol–water partition coefficient (Wildman–Crippen LogP) is 1.37. The number of nitrogens with zero attached hydrogens (tertiary/aromatic N) is 1. The molecule has 0 spiro atoms. The monoisotopic (exact) mass is 330 g/mol. The van der Waals surface area contributed by atoms with E-state index in [1.165, 1.54) is 0 Å². The Bertz CT molecular complexity index is 424. The molecule has 0 aromatic rings. The molecular formula is C15H26N2O4S. The number of hydrogen-bond acceptors (Lipinski definition) is 5. The van der Waals surface area contributed by atoms with Crippen molar-refractivity contribution in [2.45, 2.75) is 63.8 Å². The van der Waals surface area contributed by atoms with Crippen LogP contribution in [0.4, 0.5) is 4.79 Å². The molecule has 126 valence electrons. The number of hydrogen-bond donors (Lipinski definition) is 2. The molecule has 3 atom stereocenters. The van der Waals surface area contributed by atoms with Crippen molar-refractivity contribution in [1.82, 2.24) is 10.2 Å². The summed E-state index contributed by atoms with van der Waals surface area (Å²) in [6.07, 6.45) is 0.925. The van der Waals surface area contributed by atoms with Gasteiger partial charge in [0.15, 0.2) is 0 Å². The molecule has 2 fully saturated rings. The zero-order valence-corrected chi connectivity index (χ0v) is 14.3. The van der Waals surface area contributed by atoms with E-state index in [9.17, 15) is 14.7 Å². The van der Waals surface area contributed by atoms with Crippen LogP contribution < -0.4 is 5.32 Å². The van der Waals surface area contributed by atoms with Gasteiger partial charge in [0.25, 0.3) is 0 Å². The molecular weight excluding hydrogens is 304 g/mol. The minimum Gasteiger partial charge on any atom is -0.444 e. The second-order valence-electron chi connectivity index (χ2n) is 6.93. The van der Waals surface area contributed by atoms with Gasteiger partial charge in [0.2, 0.25) is 5.91 Å². The number of aliphatic hydroxyl groups excluding tert-OH is 1. The minimum absolute atomic E-state index is 0.0892. The standard InChI is InChI=1S/C15H26N2O4S/c1-15(2,3)21-14(20)16-11-5-4-10(18)8-12(11)17-6-7-22-9-13(17)19/h10-12,18H,4-9H2,1-3H3,(H,16,20). The predicted molar refractivity (Wildman–Crippen MR) is 85.8 cm³/mol. The molecule has 2 amide bonds. The Morgan fingerprint density at radius 2 is 2.14 bits per heavy atom. The van der Waals surface area contributed by atoms with Crippen molar-refractivity contribution in [1.29, 1.82) is 0 Å². The van der Waals surface area contributed by atoms with Gasteiger partial charge < -0.3 is 20.1 Å². The van der Waals surface area contributed by atoms with Crippen LogP contribution in [-0.4, -0.2) is 63.8 Å². The summed E-state index contributed by atoms with van der Waals surface area (Å²) < 4.78 is 5.31. The van der Waals surface area contributed by atoms with Crippen LogP contribution >= 0.6 is 11.8 Å². The molecule has 7 heteroatoms. The first-order valence-electron chi connectivity index (χ1n) is 7.81. The van der Waals surface area contributed by atoms with E-state index >= 15 is 0 Å². The molecule has 6 nitrogen and oxygen atoms in total. The zero-order valence-electron chi connectivity index (χ0n) is 13.5. The quantitative estimate of drug-likeness (QED) is 0.799. The molecule has 2 rings (SSSR count). The van der Waals surface area contributed by atoms with Crippen LogP contribution in [0.25, 0.3) is 0 Å². The van der Waals surface area contributed by atoms with Gasteiger partial charge in [-0.15, -0.1) is 0 Å². The largest absolute Gasteiger partial charge is 0.444 e. The van der Waals surface area contributed by atoms with Gasteiger partial charge in [0.05, 0.1) is 23.9 Å². The lowest BCUT2D eigenvalue weighted by molar-refractivity contribution is -0.133. The van der Waals surface area contributed by atoms with Crippen LogP contribution in [0, 0.1) is 0 Å². The molecule has 0 aromatic heterocycles. The van der Waals surface area contributed by atoms with E-state index in [-0.39, 0.29) is 18.0 Å². The number of amides is 2. The summed E-state index contributed by atoms with van der Waals surface area (Å²) in [6.45, 7) is 6.13. The maximum atomic E-state index is 12.1. The molecule has 2 aliphatic rings. The smallest absolute Gasteiger partial charge is 0.407 e. The Hall–Kier alpha value is -0.950. The summed E-state index contributed by atoms with van der Waals surface area (Å²) in [5.41, 5.74) is -0.550. The van der Waals surface area contributed by atoms with E-state index in [0.717, 1.165) is 5.75 Å². The highest BCUT2D eigenvalue weighted by atomic mass is 32.2. The summed E-state index contributed by atoms with van der Waals surface area (Å²) in [5.74, 6) is 1.47. The van der Waals surface area contributed by atoms with E-state index in [0.29, 0.717) is 31.6 Å². The highest BCUT2D eigenvalue weighted by Gasteiger charge is 2.38. The highest BCUT2D eigenvalue weighted by Crippen LogP contribution is 2.27. The lowest BCUT2D eigenvalue weighted by Gasteiger charge is -2.43. The van der Waals surface area contributed by atoms with Gasteiger partial charge in [0.1, 0.15) is 5.60 Å². The van der Waals surface area contributed by atoms with Crippen LogP contribution in [0.1, 0.15) is 40.0 Å². The summed E-state index contributed by atoms with van der Waals surface area (Å²) in [5, 5.41) is 12.8. The molecule has 22 heavy (non-hydrogen) atoms. The zero-order chi connectivity index (χ0) is 16.3. The van der Waals surface area contributed by atoms with Crippen molar-refractivity contribution in [2.24, 2.45) is 0 Å². The van der Waals surface area contributed by atoms with Crippen molar-refractivity contribution < 1.29 is 19.4 Å². The second kappa shape index (κ2) is 7.08. The molecule has 1 aliphatic carbocycles. The van der Waals surface area contributed by atoms with Crippen molar-refractivity contribution in [2.75, 3.05) is 18.1 Å². The fourth-order valence-corrected chi connectivity index (χ4v) is 3.79. The lowest BCUT2D eigenvalue weighted by Crippen LogP contribution is -2.59. The maximum Gasteiger partial charge on any atom is 0.407 e. The van der Waals surface area contributed by atoms with E-state index in [4.69, 9.17) is 4.74 Å². The van der Waals surface area contributed by atoms with Gasteiger partial charge in [-0.3, -0.25) is 4.79 Å². The molecule has 0 radical (unpaired) electrons. The molecule has 1 saturated heterocycles. The number of carbonyl (C=O) groups is 2. The fourth-order valence-electron chi connectivity index (χ4n) is 2.98. The molecule has 1 saturated carbocycles. The number of thioether (sulfide) groups is 1. The maximum absolute atomic E-state index is 12.1. The van der Waals surface area contributed by atoms with E-state index in [1.54, 1.807) is 11.8 Å². The number of ether oxygens (including phenoxy) is 1. The van der Waals surface area contributed by atoms with Crippen LogP contribution in [0.15, 0.2) is 0 Å². The third-order valence-electron chi connectivity index (χ3n) is 3.91. The lowest BCUT2D eigenvalue weighted by atomic mass is 9.87. The Labute approximate surface area is 136 Å². The summed E-state index contributed by atoms with van der Waals surface area (Å²) in [7, 11) is 0. The number of aliphatic hydroxyl groups is 1.